The lowest BCUT2D eigenvalue weighted by Crippen LogP contribution is -2.29. The number of halogens is 1. The monoisotopic (exact) mass is 600 g/mol. The van der Waals surface area contributed by atoms with Gasteiger partial charge in [-0.1, -0.05) is 30.3 Å². The normalized spacial score (nSPS) is 11.5. The molecule has 3 N–H and O–H groups in total. The number of rotatable bonds is 14. The maximum absolute atomic E-state index is 12.3. The molecule has 1 heterocycles. The van der Waals surface area contributed by atoms with Crippen molar-refractivity contribution in [2.24, 2.45) is 0 Å². The van der Waals surface area contributed by atoms with Crippen molar-refractivity contribution in [2.75, 3.05) is 79.3 Å². The molecule has 0 fully saturated rings. The van der Waals surface area contributed by atoms with Gasteiger partial charge in [0.05, 0.1) is 41.7 Å². The minimum absolute atomic E-state index is 0.244. The van der Waals surface area contributed by atoms with Crippen LogP contribution in [0.1, 0.15) is 6.92 Å². The van der Waals surface area contributed by atoms with E-state index in [2.05, 4.69) is 37.4 Å². The summed E-state index contributed by atoms with van der Waals surface area (Å²) in [6, 6.07) is 11.1. The number of ether oxygens (including phenoxy) is 1. The second kappa shape index (κ2) is 14.7. The van der Waals surface area contributed by atoms with Crippen LogP contribution in [0.2, 0.25) is 5.02 Å². The number of carbonyl (C=O) groups is 1. The number of aromatic nitrogens is 2. The lowest BCUT2D eigenvalue weighted by molar-refractivity contribution is -0.111. The molecule has 1 amide bonds. The third kappa shape index (κ3) is 8.32. The molecule has 0 saturated heterocycles. The summed E-state index contributed by atoms with van der Waals surface area (Å²) in [6.07, 6.45) is 4.32. The van der Waals surface area contributed by atoms with E-state index in [4.69, 9.17) is 16.3 Å². The number of nitrogens with zero attached hydrogens (tertiary/aromatic N) is 5. The molecule has 3 rings (SSSR count). The van der Waals surface area contributed by atoms with Crippen molar-refractivity contribution in [3.05, 3.63) is 60.3 Å². The zero-order chi connectivity index (χ0) is 30.1. The average Bonchev–Trinajstić information content (AvgIpc) is 2.94. The molecular weight excluding hydrogens is 564 g/mol. The van der Waals surface area contributed by atoms with Gasteiger partial charge in [0.2, 0.25) is 11.9 Å². The fourth-order valence-corrected chi connectivity index (χ4v) is 4.89. The highest BCUT2D eigenvalue weighted by Gasteiger charge is 2.18. The molecule has 0 bridgehead atoms. The van der Waals surface area contributed by atoms with Gasteiger partial charge in [-0.05, 0) is 45.3 Å². The molecule has 1 unspecified atom stereocenters. The van der Waals surface area contributed by atoms with Crippen LogP contribution in [0.5, 0.6) is 5.75 Å². The molecule has 220 valence electrons. The highest BCUT2D eigenvalue weighted by atomic mass is 35.5. The van der Waals surface area contributed by atoms with Gasteiger partial charge < -0.3 is 30.5 Å². The minimum Gasteiger partial charge on any atom is -0.494 e. The van der Waals surface area contributed by atoms with Gasteiger partial charge in [-0.15, -0.1) is 0 Å². The Morgan fingerprint density at radius 1 is 1.10 bits per heavy atom. The largest absolute Gasteiger partial charge is 0.494 e. The van der Waals surface area contributed by atoms with E-state index in [0.29, 0.717) is 40.2 Å². The van der Waals surface area contributed by atoms with E-state index in [9.17, 15) is 9.00 Å². The highest BCUT2D eigenvalue weighted by molar-refractivity contribution is 7.85. The first-order valence-corrected chi connectivity index (χ1v) is 14.7. The van der Waals surface area contributed by atoms with E-state index >= 15 is 0 Å². The Bertz CT molecular complexity index is 1400. The van der Waals surface area contributed by atoms with E-state index in [1.807, 2.05) is 63.3 Å². The molecule has 0 aliphatic rings. The van der Waals surface area contributed by atoms with Crippen molar-refractivity contribution in [1.82, 2.24) is 14.9 Å². The first-order valence-electron chi connectivity index (χ1n) is 12.9. The maximum atomic E-state index is 12.3. The number of para-hydroxylation sites is 2. The lowest BCUT2D eigenvalue weighted by atomic mass is 10.2. The summed E-state index contributed by atoms with van der Waals surface area (Å²) in [5, 5.41) is 9.61. The zero-order valence-electron chi connectivity index (χ0n) is 24.2. The van der Waals surface area contributed by atoms with Crippen molar-refractivity contribution in [1.29, 1.82) is 0 Å². The first-order chi connectivity index (χ1) is 19.6. The number of anilines is 7. The Hall–Kier alpha value is -3.87. The smallest absolute Gasteiger partial charge is 0.247 e. The number of carbonyl (C=O) groups excluding carboxylic acids is 1. The fraction of sp³-hybridized carbons (Fsp3) is 0.321. The molecule has 41 heavy (non-hydrogen) atoms. The quantitative estimate of drug-likeness (QED) is 0.223. The molecule has 0 spiro atoms. The summed E-state index contributed by atoms with van der Waals surface area (Å²) < 4.78 is 19.8. The van der Waals surface area contributed by atoms with Crippen LogP contribution < -0.4 is 29.9 Å². The average molecular weight is 601 g/mol. The zero-order valence-corrected chi connectivity index (χ0v) is 25.8. The van der Waals surface area contributed by atoms with Crippen molar-refractivity contribution in [3.8, 4) is 5.75 Å². The highest BCUT2D eigenvalue weighted by Crippen LogP contribution is 2.38. The van der Waals surface area contributed by atoms with E-state index in [1.54, 1.807) is 23.7 Å². The Morgan fingerprint density at radius 3 is 2.46 bits per heavy atom. The summed E-state index contributed by atoms with van der Waals surface area (Å²) in [5.74, 6) is 0.781. The Morgan fingerprint density at radius 2 is 1.83 bits per heavy atom. The van der Waals surface area contributed by atoms with Crippen LogP contribution >= 0.6 is 11.6 Å². The van der Waals surface area contributed by atoms with Crippen molar-refractivity contribution >= 4 is 68.7 Å². The van der Waals surface area contributed by atoms with Crippen molar-refractivity contribution in [3.63, 3.8) is 0 Å². The Labute approximate surface area is 249 Å². The summed E-state index contributed by atoms with van der Waals surface area (Å²) in [6.45, 7) is 7.59. The van der Waals surface area contributed by atoms with E-state index in [1.165, 1.54) is 12.3 Å². The molecule has 13 heteroatoms. The molecule has 2 aromatic carbocycles. The van der Waals surface area contributed by atoms with E-state index < -0.39 is 11.0 Å². The number of amides is 1. The van der Waals surface area contributed by atoms with Crippen LogP contribution in [0.4, 0.5) is 40.2 Å². The second-order valence-electron chi connectivity index (χ2n) is 9.26. The number of likely N-dealkylation sites (N-methyl/N-ethyl adjacent to an activating group) is 2. The molecular formula is C28H37ClN8O3S. The van der Waals surface area contributed by atoms with Gasteiger partial charge >= 0.3 is 0 Å². The number of hydrogen-bond donors (Lipinski definition) is 3. The maximum Gasteiger partial charge on any atom is 0.247 e. The summed E-state index contributed by atoms with van der Waals surface area (Å²) in [4.78, 5) is 25.3. The van der Waals surface area contributed by atoms with Crippen LogP contribution in [0, 0.1) is 0 Å². The Kier molecular flexibility index (Phi) is 11.3. The molecule has 0 radical (unpaired) electrons. The van der Waals surface area contributed by atoms with Gasteiger partial charge in [0.15, 0.2) is 5.82 Å². The molecule has 11 nitrogen and oxygen atoms in total. The van der Waals surface area contributed by atoms with E-state index in [0.717, 1.165) is 24.5 Å². The van der Waals surface area contributed by atoms with Gasteiger partial charge in [-0.25, -0.2) is 9.19 Å². The third-order valence-corrected chi connectivity index (χ3v) is 7.42. The number of benzene rings is 2. The number of methoxy groups -OCH3 is 1. The minimum atomic E-state index is -1.22. The molecule has 1 aromatic heterocycles. The van der Waals surface area contributed by atoms with Crippen LogP contribution in [-0.2, 0) is 15.8 Å². The van der Waals surface area contributed by atoms with Gasteiger partial charge in [0.25, 0.3) is 0 Å². The molecule has 1 atom stereocenters. The molecule has 0 aliphatic heterocycles. The topological polar surface area (TPSA) is 115 Å². The van der Waals surface area contributed by atoms with Gasteiger partial charge in [0, 0.05) is 39.0 Å². The second-order valence-corrected chi connectivity index (χ2v) is 11.0. The summed E-state index contributed by atoms with van der Waals surface area (Å²) >= 11 is 6.46. The Balaban J connectivity index is 1.98. The number of hydrogen-bond acceptors (Lipinski definition) is 9. The molecule has 0 aliphatic carbocycles. The third-order valence-electron chi connectivity index (χ3n) is 6.07. The predicted octanol–water partition coefficient (Wildman–Crippen LogP) is 4.87. The van der Waals surface area contributed by atoms with Gasteiger partial charge in [0.1, 0.15) is 21.8 Å². The number of nitrogens with one attached hydrogen (secondary N) is 3. The standard InChI is InChI=1S/C28H37ClN8O3S/c1-8-26(38)31-21-16-22(25(40-6)17-24(21)36(5)15-14-35(3)4)33-28-30-18-19(29)27(34-28)32-20-12-10-11-13-23(20)37(9-2)41(7)39/h8,10-13,16-18H,1,9,14-15H2,2-7H3,(H,31,38)(H2,30,32,33,34). The summed E-state index contributed by atoms with van der Waals surface area (Å²) in [7, 11) is 6.29. The SMILES string of the molecule is C=CC(=O)Nc1cc(Nc2ncc(Cl)c(Nc3ccccc3N(CC)S(C)=O)n2)c(OC)cc1N(C)CCN(C)C. The fourth-order valence-electron chi connectivity index (χ4n) is 3.96. The predicted molar refractivity (Wildman–Crippen MR) is 171 cm³/mol. The van der Waals surface area contributed by atoms with Crippen LogP contribution in [0.25, 0.3) is 0 Å². The van der Waals surface area contributed by atoms with Crippen LogP contribution in [-0.4, -0.2) is 79.1 Å². The van der Waals surface area contributed by atoms with E-state index in [-0.39, 0.29) is 11.9 Å². The van der Waals surface area contributed by atoms with Crippen LogP contribution in [0.3, 0.4) is 0 Å². The van der Waals surface area contributed by atoms with Gasteiger partial charge in [-0.2, -0.15) is 4.98 Å². The summed E-state index contributed by atoms with van der Waals surface area (Å²) in [5.41, 5.74) is 3.30. The van der Waals surface area contributed by atoms with Crippen molar-refractivity contribution < 1.29 is 13.7 Å². The molecule has 3 aromatic rings. The van der Waals surface area contributed by atoms with Crippen LogP contribution in [0.15, 0.2) is 55.3 Å². The van der Waals surface area contributed by atoms with Crippen molar-refractivity contribution in [2.45, 2.75) is 6.92 Å². The lowest BCUT2D eigenvalue weighted by Gasteiger charge is -2.26. The first kappa shape index (κ1) is 31.7. The van der Waals surface area contributed by atoms with Gasteiger partial charge in [-0.3, -0.25) is 9.10 Å². The molecule has 0 saturated carbocycles.